The fourth-order valence-corrected chi connectivity index (χ4v) is 3.92. The number of urea groups is 1. The first-order chi connectivity index (χ1) is 14.1. The molecule has 1 heterocycles. The summed E-state index contributed by atoms with van der Waals surface area (Å²) in [5, 5.41) is 6.45. The lowest BCUT2D eigenvalue weighted by Crippen LogP contribution is -2.31. The van der Waals surface area contributed by atoms with Crippen LogP contribution >= 0.6 is 11.3 Å². The standard InChI is InChI=1S/C23H21N3O2S/c1-15-3-10-19(11-4-15)28-14-24-23(27)25-18-8-6-17(7-9-18)22-26-20-12-5-16(2)13-21(20)29-22/h3-13H,14H2,1-2H3,(H2,24,25,27). The summed E-state index contributed by atoms with van der Waals surface area (Å²) in [7, 11) is 0. The molecule has 5 nitrogen and oxygen atoms in total. The number of aryl methyl sites for hydroxylation is 2. The molecule has 0 unspecified atom stereocenters. The Bertz CT molecular complexity index is 1140. The molecule has 146 valence electrons. The number of hydrogen-bond donors (Lipinski definition) is 2. The highest BCUT2D eigenvalue weighted by molar-refractivity contribution is 7.21. The molecule has 0 aliphatic rings. The largest absolute Gasteiger partial charge is 0.473 e. The molecule has 0 fully saturated rings. The van der Waals surface area contributed by atoms with Gasteiger partial charge < -0.3 is 15.4 Å². The Morgan fingerprint density at radius 1 is 0.966 bits per heavy atom. The van der Waals surface area contributed by atoms with Crippen molar-refractivity contribution in [2.75, 3.05) is 12.0 Å². The Labute approximate surface area is 173 Å². The van der Waals surface area contributed by atoms with Crippen molar-refractivity contribution in [3.63, 3.8) is 0 Å². The van der Waals surface area contributed by atoms with Gasteiger partial charge in [0.2, 0.25) is 0 Å². The van der Waals surface area contributed by atoms with Crippen LogP contribution in [-0.4, -0.2) is 17.7 Å². The van der Waals surface area contributed by atoms with Crippen molar-refractivity contribution in [1.82, 2.24) is 10.3 Å². The summed E-state index contributed by atoms with van der Waals surface area (Å²) >= 11 is 1.67. The molecule has 29 heavy (non-hydrogen) atoms. The van der Waals surface area contributed by atoms with Gasteiger partial charge in [-0.25, -0.2) is 9.78 Å². The van der Waals surface area contributed by atoms with Crippen LogP contribution in [0.2, 0.25) is 0 Å². The SMILES string of the molecule is Cc1ccc(OCNC(=O)Nc2ccc(-c3nc4ccc(C)cc4s3)cc2)cc1. The molecule has 0 bridgehead atoms. The van der Waals surface area contributed by atoms with Crippen molar-refractivity contribution in [2.24, 2.45) is 0 Å². The van der Waals surface area contributed by atoms with Gasteiger partial charge in [-0.2, -0.15) is 0 Å². The van der Waals surface area contributed by atoms with Gasteiger partial charge in [0.25, 0.3) is 0 Å². The van der Waals surface area contributed by atoms with E-state index in [1.807, 2.05) is 61.5 Å². The maximum absolute atomic E-state index is 12.0. The number of carbonyl (C=O) groups excluding carboxylic acids is 1. The van der Waals surface area contributed by atoms with Crippen molar-refractivity contribution in [2.45, 2.75) is 13.8 Å². The number of nitrogens with zero attached hydrogens (tertiary/aromatic N) is 1. The second-order valence-corrected chi connectivity index (χ2v) is 7.83. The van der Waals surface area contributed by atoms with Crippen LogP contribution in [-0.2, 0) is 0 Å². The van der Waals surface area contributed by atoms with E-state index < -0.39 is 0 Å². The Hall–Kier alpha value is -3.38. The Balaban J connectivity index is 1.33. The van der Waals surface area contributed by atoms with E-state index >= 15 is 0 Å². The van der Waals surface area contributed by atoms with Gasteiger partial charge in [-0.3, -0.25) is 0 Å². The number of benzene rings is 3. The molecule has 0 atom stereocenters. The minimum absolute atomic E-state index is 0.0953. The van der Waals surface area contributed by atoms with E-state index in [4.69, 9.17) is 9.72 Å². The molecule has 2 N–H and O–H groups in total. The van der Waals surface area contributed by atoms with Gasteiger partial charge in [-0.15, -0.1) is 11.3 Å². The average molecular weight is 404 g/mol. The minimum atomic E-state index is -0.319. The van der Waals surface area contributed by atoms with Crippen molar-refractivity contribution in [3.8, 4) is 16.3 Å². The summed E-state index contributed by atoms with van der Waals surface area (Å²) < 4.78 is 6.68. The Kier molecular flexibility index (Phi) is 5.44. The highest BCUT2D eigenvalue weighted by Crippen LogP contribution is 2.31. The summed E-state index contributed by atoms with van der Waals surface area (Å²) in [5.74, 6) is 0.714. The highest BCUT2D eigenvalue weighted by Gasteiger charge is 2.07. The average Bonchev–Trinajstić information content (AvgIpc) is 3.13. The van der Waals surface area contributed by atoms with E-state index in [1.54, 1.807) is 11.3 Å². The number of hydrogen-bond acceptors (Lipinski definition) is 4. The lowest BCUT2D eigenvalue weighted by molar-refractivity contribution is 0.234. The van der Waals surface area contributed by atoms with Crippen molar-refractivity contribution in [1.29, 1.82) is 0 Å². The van der Waals surface area contributed by atoms with Crippen LogP contribution in [0.3, 0.4) is 0 Å². The molecule has 0 aliphatic carbocycles. The van der Waals surface area contributed by atoms with Gasteiger partial charge in [0.1, 0.15) is 10.8 Å². The number of anilines is 1. The summed E-state index contributed by atoms with van der Waals surface area (Å²) in [6, 6.07) is 21.3. The van der Waals surface area contributed by atoms with E-state index in [1.165, 1.54) is 10.3 Å². The van der Waals surface area contributed by atoms with Crippen LogP contribution in [0.15, 0.2) is 66.7 Å². The predicted octanol–water partition coefficient (Wildman–Crippen LogP) is 5.74. The number of aromatic nitrogens is 1. The Morgan fingerprint density at radius 2 is 1.69 bits per heavy atom. The summed E-state index contributed by atoms with van der Waals surface area (Å²) in [5.41, 5.74) is 5.12. The minimum Gasteiger partial charge on any atom is -0.473 e. The lowest BCUT2D eigenvalue weighted by Gasteiger charge is -2.10. The molecule has 4 aromatic rings. The van der Waals surface area contributed by atoms with Gasteiger partial charge in [0.05, 0.1) is 10.2 Å². The van der Waals surface area contributed by atoms with Gasteiger partial charge in [-0.1, -0.05) is 23.8 Å². The van der Waals surface area contributed by atoms with Gasteiger partial charge >= 0.3 is 6.03 Å². The molecule has 0 aliphatic heterocycles. The third kappa shape index (κ3) is 4.73. The van der Waals surface area contributed by atoms with Crippen LogP contribution in [0.5, 0.6) is 5.75 Å². The van der Waals surface area contributed by atoms with Gasteiger partial charge in [0, 0.05) is 11.3 Å². The van der Waals surface area contributed by atoms with Crippen LogP contribution in [0.1, 0.15) is 11.1 Å². The van der Waals surface area contributed by atoms with Crippen molar-refractivity contribution in [3.05, 3.63) is 77.9 Å². The zero-order valence-electron chi connectivity index (χ0n) is 16.2. The molecule has 1 aromatic heterocycles. The first-order valence-electron chi connectivity index (χ1n) is 9.29. The molecule has 3 aromatic carbocycles. The fraction of sp³-hybridized carbons (Fsp3) is 0.130. The third-order valence-corrected chi connectivity index (χ3v) is 5.49. The maximum atomic E-state index is 12.0. The van der Waals surface area contributed by atoms with E-state index in [-0.39, 0.29) is 12.8 Å². The third-order valence-electron chi connectivity index (χ3n) is 4.43. The topological polar surface area (TPSA) is 63.2 Å². The van der Waals surface area contributed by atoms with Gasteiger partial charge in [-0.05, 0) is 67.9 Å². The number of nitrogens with one attached hydrogen (secondary N) is 2. The van der Waals surface area contributed by atoms with Crippen LogP contribution in [0.25, 0.3) is 20.8 Å². The first kappa shape index (κ1) is 19.0. The summed E-state index contributed by atoms with van der Waals surface area (Å²) in [6.45, 7) is 4.19. The quantitative estimate of drug-likeness (QED) is 0.418. The number of ether oxygens (including phenoxy) is 1. The van der Waals surface area contributed by atoms with E-state index in [0.717, 1.165) is 21.7 Å². The van der Waals surface area contributed by atoms with Crippen LogP contribution in [0.4, 0.5) is 10.5 Å². The molecule has 0 radical (unpaired) electrons. The molecule has 0 saturated heterocycles. The summed E-state index contributed by atoms with van der Waals surface area (Å²) in [6.07, 6.45) is 0. The Morgan fingerprint density at radius 3 is 2.45 bits per heavy atom. The maximum Gasteiger partial charge on any atom is 0.321 e. The molecule has 0 saturated carbocycles. The predicted molar refractivity (Wildman–Crippen MR) is 119 cm³/mol. The number of amides is 2. The lowest BCUT2D eigenvalue weighted by atomic mass is 10.2. The zero-order valence-corrected chi connectivity index (χ0v) is 17.0. The summed E-state index contributed by atoms with van der Waals surface area (Å²) in [4.78, 5) is 16.7. The fourth-order valence-electron chi connectivity index (χ4n) is 2.85. The van der Waals surface area contributed by atoms with E-state index in [0.29, 0.717) is 11.4 Å². The monoisotopic (exact) mass is 403 g/mol. The first-order valence-corrected chi connectivity index (χ1v) is 10.1. The molecule has 2 amide bonds. The van der Waals surface area contributed by atoms with E-state index in [9.17, 15) is 4.79 Å². The van der Waals surface area contributed by atoms with Crippen LogP contribution in [0, 0.1) is 13.8 Å². The van der Waals surface area contributed by atoms with Crippen molar-refractivity contribution < 1.29 is 9.53 Å². The molecular formula is C23H21N3O2S. The number of rotatable bonds is 5. The highest BCUT2D eigenvalue weighted by atomic mass is 32.1. The number of carbonyl (C=O) groups is 1. The van der Waals surface area contributed by atoms with Crippen molar-refractivity contribution >= 4 is 33.3 Å². The van der Waals surface area contributed by atoms with Crippen LogP contribution < -0.4 is 15.4 Å². The number of thiazole rings is 1. The molecule has 4 rings (SSSR count). The normalized spacial score (nSPS) is 10.7. The second kappa shape index (κ2) is 8.32. The second-order valence-electron chi connectivity index (χ2n) is 6.80. The smallest absolute Gasteiger partial charge is 0.321 e. The number of fused-ring (bicyclic) bond motifs is 1. The molecule has 6 heteroatoms. The zero-order chi connectivity index (χ0) is 20.2. The van der Waals surface area contributed by atoms with E-state index in [2.05, 4.69) is 29.7 Å². The molecular weight excluding hydrogens is 382 g/mol. The molecule has 0 spiro atoms. The van der Waals surface area contributed by atoms with Gasteiger partial charge in [0.15, 0.2) is 6.73 Å².